The van der Waals surface area contributed by atoms with Crippen molar-refractivity contribution in [1.82, 2.24) is 19.9 Å². The number of fused-ring (bicyclic) bond motifs is 2. The molecular formula is C30H26N6O10. The molecule has 4 aromatic carbocycles. The first-order valence-electron chi connectivity index (χ1n) is 13.3. The number of ether oxygens (including phenoxy) is 4. The van der Waals surface area contributed by atoms with E-state index in [1.54, 1.807) is 36.4 Å². The molecule has 4 N–H and O–H groups in total. The number of nitrogens with zero attached hydrogens (tertiary/aromatic N) is 4. The van der Waals surface area contributed by atoms with Crippen LogP contribution in [0.15, 0.2) is 60.7 Å². The number of phenolic OH excluding ortho intramolecular Hbond substituents is 2. The highest BCUT2D eigenvalue weighted by Crippen LogP contribution is 2.41. The van der Waals surface area contributed by atoms with Gasteiger partial charge in [0.05, 0.1) is 60.4 Å². The number of hydrogen-bond acceptors (Lipinski definition) is 12. The molecule has 46 heavy (non-hydrogen) atoms. The van der Waals surface area contributed by atoms with Gasteiger partial charge in [0.2, 0.25) is 11.5 Å². The van der Waals surface area contributed by atoms with Crippen LogP contribution < -0.4 is 18.9 Å². The van der Waals surface area contributed by atoms with Crippen molar-refractivity contribution >= 4 is 33.4 Å². The molecule has 2 aromatic heterocycles. The Morgan fingerprint density at radius 3 is 1.20 bits per heavy atom. The smallest absolute Gasteiger partial charge is 0.271 e. The van der Waals surface area contributed by atoms with Gasteiger partial charge in [-0.3, -0.25) is 20.2 Å². The third kappa shape index (κ3) is 5.94. The number of nitro benzene ring substituents is 2. The Labute approximate surface area is 259 Å². The average Bonchev–Trinajstić information content (AvgIpc) is 3.69. The van der Waals surface area contributed by atoms with Gasteiger partial charge < -0.3 is 39.1 Å². The fourth-order valence-electron chi connectivity index (χ4n) is 4.56. The number of nitro groups is 2. The number of H-pyrrole nitrogens is 2. The molecule has 16 nitrogen and oxygen atoms in total. The minimum Gasteiger partial charge on any atom is -0.502 e. The Hall–Kier alpha value is -6.58. The van der Waals surface area contributed by atoms with E-state index in [4.69, 9.17) is 18.9 Å². The second-order valence-electron chi connectivity index (χ2n) is 9.55. The molecule has 6 aromatic rings. The third-order valence-electron chi connectivity index (χ3n) is 6.86. The van der Waals surface area contributed by atoms with E-state index < -0.39 is 9.85 Å². The van der Waals surface area contributed by atoms with Crippen molar-refractivity contribution in [3.05, 3.63) is 80.9 Å². The number of hydrogen-bond donors (Lipinski definition) is 4. The Kier molecular flexibility index (Phi) is 8.43. The zero-order chi connectivity index (χ0) is 33.1. The summed E-state index contributed by atoms with van der Waals surface area (Å²) in [4.78, 5) is 35.6. The summed E-state index contributed by atoms with van der Waals surface area (Å²) in [5.41, 5.74) is 3.47. The van der Waals surface area contributed by atoms with Gasteiger partial charge in [-0.05, 0) is 36.4 Å². The van der Waals surface area contributed by atoms with Crippen LogP contribution in [0.3, 0.4) is 0 Å². The minimum atomic E-state index is -0.466. The summed E-state index contributed by atoms with van der Waals surface area (Å²) in [6, 6.07) is 15.2. The standard InChI is InChI=1S/2C15H13N3O5/c2*1-22-12-5-8(6-13(23-2)14(12)19)15-16-10-4-3-9(18(20)21)7-11(10)17-15/h2*3-7,19H,1-2H3,(H,16,17). The highest BCUT2D eigenvalue weighted by molar-refractivity contribution is 5.83. The van der Waals surface area contributed by atoms with Crippen molar-refractivity contribution in [2.75, 3.05) is 28.4 Å². The van der Waals surface area contributed by atoms with Crippen molar-refractivity contribution in [3.8, 4) is 57.3 Å². The predicted molar refractivity (Wildman–Crippen MR) is 166 cm³/mol. The molecule has 0 saturated heterocycles. The maximum atomic E-state index is 10.8. The molecule has 0 spiro atoms. The Morgan fingerprint density at radius 2 is 0.913 bits per heavy atom. The Bertz CT molecular complexity index is 1910. The van der Waals surface area contributed by atoms with Crippen LogP contribution in [0.1, 0.15) is 0 Å². The molecule has 0 unspecified atom stereocenters. The van der Waals surface area contributed by atoms with Crippen LogP contribution in [0.4, 0.5) is 11.4 Å². The SMILES string of the molecule is COc1cc(-c2nc3ccc([N+](=O)[O-])cc3[nH]2)cc(OC)c1O.COc1cc(-c2nc3ccc([N+](=O)[O-])cc3[nH]2)cc(OC)c1O. The Morgan fingerprint density at radius 1 is 0.587 bits per heavy atom. The van der Waals surface area contributed by atoms with Gasteiger partial charge >= 0.3 is 0 Å². The summed E-state index contributed by atoms with van der Waals surface area (Å²) >= 11 is 0. The lowest BCUT2D eigenvalue weighted by Gasteiger charge is -2.09. The fourth-order valence-corrected chi connectivity index (χ4v) is 4.56. The minimum absolute atomic E-state index is 0.0198. The topological polar surface area (TPSA) is 221 Å². The van der Waals surface area contributed by atoms with Gasteiger partial charge in [-0.25, -0.2) is 9.97 Å². The molecule has 0 radical (unpaired) electrons. The van der Waals surface area contributed by atoms with Crippen molar-refractivity contribution in [3.63, 3.8) is 0 Å². The van der Waals surface area contributed by atoms with E-state index in [-0.39, 0.29) is 45.9 Å². The van der Waals surface area contributed by atoms with Crippen LogP contribution in [0.5, 0.6) is 34.5 Å². The van der Waals surface area contributed by atoms with Crippen molar-refractivity contribution < 1.29 is 39.0 Å². The second kappa shape index (κ2) is 12.6. The van der Waals surface area contributed by atoms with Crippen molar-refractivity contribution in [2.45, 2.75) is 0 Å². The van der Waals surface area contributed by atoms with E-state index in [1.807, 2.05) is 0 Å². The molecule has 0 aliphatic carbocycles. The van der Waals surface area contributed by atoms with Gasteiger partial charge in [0.15, 0.2) is 23.0 Å². The molecular weight excluding hydrogens is 604 g/mol. The van der Waals surface area contributed by atoms with Gasteiger partial charge in [-0.15, -0.1) is 0 Å². The lowest BCUT2D eigenvalue weighted by atomic mass is 10.1. The molecule has 236 valence electrons. The van der Waals surface area contributed by atoms with E-state index in [0.29, 0.717) is 44.8 Å². The van der Waals surface area contributed by atoms with Gasteiger partial charge in [0.25, 0.3) is 11.4 Å². The summed E-state index contributed by atoms with van der Waals surface area (Å²) < 4.78 is 20.5. The summed E-state index contributed by atoms with van der Waals surface area (Å²) in [6.07, 6.45) is 0. The molecule has 0 fully saturated rings. The van der Waals surface area contributed by atoms with Crippen molar-refractivity contribution in [2.24, 2.45) is 0 Å². The quantitative estimate of drug-likeness (QED) is 0.117. The average molecular weight is 631 g/mol. The number of non-ortho nitro benzene ring substituents is 2. The summed E-state index contributed by atoms with van der Waals surface area (Å²) in [5, 5.41) is 41.6. The maximum Gasteiger partial charge on any atom is 0.271 e. The van der Waals surface area contributed by atoms with E-state index in [0.717, 1.165) is 0 Å². The third-order valence-corrected chi connectivity index (χ3v) is 6.86. The summed E-state index contributed by atoms with van der Waals surface area (Å²) in [7, 11) is 5.72. The molecule has 0 amide bonds. The summed E-state index contributed by atoms with van der Waals surface area (Å²) in [5.74, 6) is 1.72. The number of aromatic hydroxyl groups is 2. The highest BCUT2D eigenvalue weighted by Gasteiger charge is 2.17. The van der Waals surface area contributed by atoms with Gasteiger partial charge in [-0.2, -0.15) is 0 Å². The second-order valence-corrected chi connectivity index (χ2v) is 9.55. The molecule has 0 saturated carbocycles. The molecule has 0 aliphatic heterocycles. The van der Waals surface area contributed by atoms with Gasteiger partial charge in [0, 0.05) is 35.4 Å². The number of nitrogens with one attached hydrogen (secondary N) is 2. The van der Waals surface area contributed by atoms with Crippen LogP contribution in [-0.2, 0) is 0 Å². The molecule has 0 atom stereocenters. The fraction of sp³-hybridized carbons (Fsp3) is 0.133. The lowest BCUT2D eigenvalue weighted by molar-refractivity contribution is -0.384. The highest BCUT2D eigenvalue weighted by atomic mass is 16.6. The zero-order valence-corrected chi connectivity index (χ0v) is 24.7. The number of rotatable bonds is 8. The first-order chi connectivity index (χ1) is 22.1. The molecule has 0 bridgehead atoms. The molecule has 6 rings (SSSR count). The number of aromatic amines is 2. The van der Waals surface area contributed by atoms with E-state index in [2.05, 4.69) is 19.9 Å². The van der Waals surface area contributed by atoms with Gasteiger partial charge in [0.1, 0.15) is 11.6 Å². The number of imidazole rings is 2. The van der Waals surface area contributed by atoms with E-state index in [9.17, 15) is 30.4 Å². The van der Waals surface area contributed by atoms with Crippen LogP contribution in [0.2, 0.25) is 0 Å². The normalized spacial score (nSPS) is 10.7. The van der Waals surface area contributed by atoms with Crippen LogP contribution in [0.25, 0.3) is 44.8 Å². The van der Waals surface area contributed by atoms with Gasteiger partial charge in [-0.1, -0.05) is 0 Å². The van der Waals surface area contributed by atoms with Crippen LogP contribution in [-0.4, -0.2) is 68.4 Å². The summed E-state index contributed by atoms with van der Waals surface area (Å²) in [6.45, 7) is 0. The monoisotopic (exact) mass is 630 g/mol. The molecule has 2 heterocycles. The predicted octanol–water partition coefficient (Wildman–Crippen LogP) is 5.72. The van der Waals surface area contributed by atoms with Crippen LogP contribution >= 0.6 is 0 Å². The molecule has 16 heteroatoms. The van der Waals surface area contributed by atoms with Crippen LogP contribution in [0, 0.1) is 20.2 Å². The first kappa shape index (κ1) is 30.9. The number of methoxy groups -OCH3 is 4. The van der Waals surface area contributed by atoms with Crippen molar-refractivity contribution in [1.29, 1.82) is 0 Å². The number of benzene rings is 4. The first-order valence-corrected chi connectivity index (χ1v) is 13.3. The Balaban J connectivity index is 0.000000181. The number of phenols is 2. The maximum absolute atomic E-state index is 10.8. The number of aromatic nitrogens is 4. The van der Waals surface area contributed by atoms with E-state index >= 15 is 0 Å². The lowest BCUT2D eigenvalue weighted by Crippen LogP contribution is -1.91. The zero-order valence-electron chi connectivity index (χ0n) is 24.7. The van der Waals surface area contributed by atoms with E-state index in [1.165, 1.54) is 52.7 Å². The molecule has 0 aliphatic rings. The largest absolute Gasteiger partial charge is 0.502 e.